The molecule has 0 aromatic carbocycles. The Kier molecular flexibility index (Phi) is 5.00. The third-order valence-corrected chi connectivity index (χ3v) is 6.15. The van der Waals surface area contributed by atoms with E-state index in [9.17, 15) is 9.59 Å². The van der Waals surface area contributed by atoms with Gasteiger partial charge in [0, 0.05) is 63.1 Å². The quantitative estimate of drug-likeness (QED) is 0.847. The van der Waals surface area contributed by atoms with Crippen molar-refractivity contribution < 1.29 is 9.59 Å². The fourth-order valence-electron chi connectivity index (χ4n) is 4.43. The molecule has 2 aliphatic carbocycles. The number of nitrogens with one attached hydrogen (secondary N) is 1. The molecule has 6 heteroatoms. The molecule has 2 heterocycles. The molecule has 142 valence electrons. The molecule has 0 saturated heterocycles. The number of rotatable bonds is 6. The molecule has 6 nitrogen and oxygen atoms in total. The fraction of sp³-hybridized carbons (Fsp3) is 0.750. The Morgan fingerprint density at radius 3 is 2.69 bits per heavy atom. The van der Waals surface area contributed by atoms with Gasteiger partial charge in [-0.1, -0.05) is 12.8 Å². The molecular weight excluding hydrogens is 328 g/mol. The second-order valence-electron chi connectivity index (χ2n) is 8.26. The molecule has 1 aliphatic heterocycles. The van der Waals surface area contributed by atoms with Crippen molar-refractivity contribution in [1.82, 2.24) is 20.0 Å². The summed E-state index contributed by atoms with van der Waals surface area (Å²) in [7, 11) is 1.97. The molecular formula is C20H30N4O2. The number of aromatic nitrogens is 2. The van der Waals surface area contributed by atoms with Crippen LogP contribution in [0.1, 0.15) is 68.3 Å². The van der Waals surface area contributed by atoms with E-state index in [0.717, 1.165) is 31.5 Å². The normalized spacial score (nSPS) is 20.3. The van der Waals surface area contributed by atoms with E-state index < -0.39 is 0 Å². The summed E-state index contributed by atoms with van der Waals surface area (Å²) < 4.78 is 1.95. The lowest BCUT2D eigenvalue weighted by Gasteiger charge is -2.28. The topological polar surface area (TPSA) is 67.2 Å². The van der Waals surface area contributed by atoms with E-state index in [4.69, 9.17) is 0 Å². The number of hydrogen-bond acceptors (Lipinski definition) is 3. The number of aryl methyl sites for hydroxylation is 2. The van der Waals surface area contributed by atoms with Gasteiger partial charge in [-0.05, 0) is 31.6 Å². The average molecular weight is 358 g/mol. The third kappa shape index (κ3) is 3.94. The maximum absolute atomic E-state index is 12.7. The van der Waals surface area contributed by atoms with Crippen LogP contribution >= 0.6 is 0 Å². The van der Waals surface area contributed by atoms with Gasteiger partial charge in [0.15, 0.2) is 0 Å². The average Bonchev–Trinajstić information content (AvgIpc) is 3.18. The second-order valence-corrected chi connectivity index (χ2v) is 8.26. The summed E-state index contributed by atoms with van der Waals surface area (Å²) in [6.45, 7) is 1.45. The van der Waals surface area contributed by atoms with Crippen LogP contribution in [0.15, 0.2) is 0 Å². The molecule has 1 aromatic heterocycles. The van der Waals surface area contributed by atoms with E-state index in [1.807, 2.05) is 16.6 Å². The summed E-state index contributed by atoms with van der Waals surface area (Å²) >= 11 is 0. The van der Waals surface area contributed by atoms with Crippen molar-refractivity contribution >= 4 is 11.8 Å². The zero-order valence-corrected chi connectivity index (χ0v) is 15.8. The summed E-state index contributed by atoms with van der Waals surface area (Å²) in [4.78, 5) is 26.7. The van der Waals surface area contributed by atoms with E-state index in [1.54, 1.807) is 0 Å². The largest absolute Gasteiger partial charge is 0.353 e. The molecule has 3 aliphatic rings. The predicted octanol–water partition coefficient (Wildman–Crippen LogP) is 2.10. The number of hydrogen-bond donors (Lipinski definition) is 1. The molecule has 2 fully saturated rings. The van der Waals surface area contributed by atoms with Crippen LogP contribution in [0.25, 0.3) is 0 Å². The maximum Gasteiger partial charge on any atom is 0.223 e. The molecule has 2 amide bonds. The van der Waals surface area contributed by atoms with Crippen molar-refractivity contribution in [2.45, 2.75) is 76.8 Å². The summed E-state index contributed by atoms with van der Waals surface area (Å²) in [6, 6.07) is 0.406. The van der Waals surface area contributed by atoms with Gasteiger partial charge in [-0.15, -0.1) is 0 Å². The SMILES string of the molecule is Cn1nc(CCC(=O)NC2CC2)c2c1CCN(C(=O)CC1CCCC1)C2. The highest BCUT2D eigenvalue weighted by Gasteiger charge is 2.29. The minimum atomic E-state index is 0.122. The molecule has 1 N–H and O–H groups in total. The molecule has 0 unspecified atom stereocenters. The van der Waals surface area contributed by atoms with Crippen LogP contribution in [-0.2, 0) is 36.0 Å². The van der Waals surface area contributed by atoms with Gasteiger partial charge in [-0.3, -0.25) is 14.3 Å². The van der Waals surface area contributed by atoms with Crippen molar-refractivity contribution in [1.29, 1.82) is 0 Å². The lowest BCUT2D eigenvalue weighted by molar-refractivity contribution is -0.133. The molecule has 0 bridgehead atoms. The predicted molar refractivity (Wildman–Crippen MR) is 98.4 cm³/mol. The van der Waals surface area contributed by atoms with Crippen LogP contribution in [0.2, 0.25) is 0 Å². The zero-order chi connectivity index (χ0) is 18.1. The van der Waals surface area contributed by atoms with Crippen LogP contribution in [0.5, 0.6) is 0 Å². The Balaban J connectivity index is 1.38. The van der Waals surface area contributed by atoms with Crippen LogP contribution in [0.4, 0.5) is 0 Å². The van der Waals surface area contributed by atoms with Gasteiger partial charge in [0.05, 0.1) is 5.69 Å². The smallest absolute Gasteiger partial charge is 0.223 e. The van der Waals surface area contributed by atoms with Gasteiger partial charge < -0.3 is 10.2 Å². The Morgan fingerprint density at radius 1 is 1.19 bits per heavy atom. The summed E-state index contributed by atoms with van der Waals surface area (Å²) in [5, 5.41) is 7.70. The highest BCUT2D eigenvalue weighted by molar-refractivity contribution is 5.77. The molecule has 26 heavy (non-hydrogen) atoms. The lowest BCUT2D eigenvalue weighted by atomic mass is 9.99. The Labute approximate surface area is 155 Å². The summed E-state index contributed by atoms with van der Waals surface area (Å²) in [5.74, 6) is 1.00. The first-order valence-corrected chi connectivity index (χ1v) is 10.2. The van der Waals surface area contributed by atoms with Gasteiger partial charge in [0.2, 0.25) is 11.8 Å². The molecule has 0 radical (unpaired) electrons. The van der Waals surface area contributed by atoms with Crippen LogP contribution in [-0.4, -0.2) is 39.1 Å². The second kappa shape index (κ2) is 7.41. The lowest BCUT2D eigenvalue weighted by Crippen LogP contribution is -2.37. The van der Waals surface area contributed by atoms with E-state index in [2.05, 4.69) is 10.4 Å². The molecule has 0 spiro atoms. The molecule has 1 aromatic rings. The number of carbonyl (C=O) groups is 2. The standard InChI is InChI=1S/C20H30N4O2/c1-23-18-10-11-24(20(26)12-14-4-2-3-5-14)13-16(18)17(22-23)8-9-19(25)21-15-6-7-15/h14-15H,2-13H2,1H3,(H,21,25). The Hall–Kier alpha value is -1.85. The maximum atomic E-state index is 12.7. The highest BCUT2D eigenvalue weighted by atomic mass is 16.2. The van der Waals surface area contributed by atoms with E-state index in [0.29, 0.717) is 43.7 Å². The van der Waals surface area contributed by atoms with Gasteiger partial charge >= 0.3 is 0 Å². The van der Waals surface area contributed by atoms with E-state index in [1.165, 1.54) is 36.9 Å². The van der Waals surface area contributed by atoms with Crippen molar-refractivity contribution in [3.05, 3.63) is 17.0 Å². The monoisotopic (exact) mass is 358 g/mol. The molecule has 0 atom stereocenters. The number of fused-ring (bicyclic) bond motifs is 1. The summed E-state index contributed by atoms with van der Waals surface area (Å²) in [6.07, 6.45) is 9.90. The van der Waals surface area contributed by atoms with Crippen molar-refractivity contribution in [2.24, 2.45) is 13.0 Å². The van der Waals surface area contributed by atoms with Crippen molar-refractivity contribution in [2.75, 3.05) is 6.54 Å². The zero-order valence-electron chi connectivity index (χ0n) is 15.8. The van der Waals surface area contributed by atoms with E-state index >= 15 is 0 Å². The van der Waals surface area contributed by atoms with Gasteiger partial charge in [0.25, 0.3) is 0 Å². The molecule has 2 saturated carbocycles. The first-order valence-electron chi connectivity index (χ1n) is 10.2. The van der Waals surface area contributed by atoms with Crippen LogP contribution < -0.4 is 5.32 Å². The van der Waals surface area contributed by atoms with Crippen molar-refractivity contribution in [3.8, 4) is 0 Å². The van der Waals surface area contributed by atoms with Crippen molar-refractivity contribution in [3.63, 3.8) is 0 Å². The molecule has 4 rings (SSSR count). The van der Waals surface area contributed by atoms with Gasteiger partial charge in [-0.25, -0.2) is 0 Å². The first kappa shape index (κ1) is 17.6. The van der Waals surface area contributed by atoms with Gasteiger partial charge in [0.1, 0.15) is 0 Å². The Bertz CT molecular complexity index is 686. The number of nitrogens with zero attached hydrogens (tertiary/aromatic N) is 3. The minimum absolute atomic E-state index is 0.122. The Morgan fingerprint density at radius 2 is 1.96 bits per heavy atom. The fourth-order valence-corrected chi connectivity index (χ4v) is 4.43. The highest BCUT2D eigenvalue weighted by Crippen LogP contribution is 2.30. The third-order valence-electron chi connectivity index (χ3n) is 6.15. The summed E-state index contributed by atoms with van der Waals surface area (Å²) in [5.41, 5.74) is 3.40. The van der Waals surface area contributed by atoms with Crippen LogP contribution in [0, 0.1) is 5.92 Å². The van der Waals surface area contributed by atoms with Crippen LogP contribution in [0.3, 0.4) is 0 Å². The number of amides is 2. The van der Waals surface area contributed by atoms with E-state index in [-0.39, 0.29) is 5.91 Å². The number of carbonyl (C=O) groups excluding carboxylic acids is 2. The minimum Gasteiger partial charge on any atom is -0.353 e. The first-order chi connectivity index (χ1) is 12.6. The van der Waals surface area contributed by atoms with Gasteiger partial charge in [-0.2, -0.15) is 5.10 Å².